The fraction of sp³-hybridized carbons (Fsp3) is 0.483. The number of thioether (sulfide) groups is 1. The van der Waals surface area contributed by atoms with Crippen LogP contribution in [0, 0.1) is 0 Å². The van der Waals surface area contributed by atoms with Crippen molar-refractivity contribution in [3.8, 4) is 5.75 Å². The molecule has 0 aromatic heterocycles. The number of benzene rings is 2. The topological polar surface area (TPSA) is 92.7 Å². The minimum Gasteiger partial charge on any atom is -0.494 e. The van der Waals surface area contributed by atoms with Gasteiger partial charge in [0, 0.05) is 6.42 Å². The van der Waals surface area contributed by atoms with Gasteiger partial charge in [-0.1, -0.05) is 82.4 Å². The number of amides is 2. The van der Waals surface area contributed by atoms with Crippen LogP contribution >= 0.6 is 11.8 Å². The Morgan fingerprint density at radius 3 is 2.00 bits per heavy atom. The molecule has 0 atom stereocenters. The fourth-order valence-corrected chi connectivity index (χ4v) is 5.01. The fourth-order valence-electron chi connectivity index (χ4n) is 4.33. The monoisotopic (exact) mass is 511 g/mol. The first-order valence-electron chi connectivity index (χ1n) is 13.1. The highest BCUT2D eigenvalue weighted by Gasteiger charge is 2.24. The molecule has 3 rings (SSSR count). The minimum atomic E-state index is -0.683. The number of fused-ring (bicyclic) bond motifs is 1. The van der Waals surface area contributed by atoms with Gasteiger partial charge in [0.25, 0.3) is 11.1 Å². The van der Waals surface area contributed by atoms with E-state index in [9.17, 15) is 14.4 Å². The molecule has 0 saturated carbocycles. The largest absolute Gasteiger partial charge is 0.494 e. The number of aliphatic carboxylic acids is 1. The summed E-state index contributed by atoms with van der Waals surface area (Å²) >= 11 is 0.927. The second-order valence-corrected chi connectivity index (χ2v) is 10.4. The van der Waals surface area contributed by atoms with Crippen molar-refractivity contribution in [2.24, 2.45) is 0 Å². The van der Waals surface area contributed by atoms with E-state index in [0.29, 0.717) is 11.3 Å². The molecule has 2 aromatic carbocycles. The lowest BCUT2D eigenvalue weighted by Crippen LogP contribution is -2.17. The normalized spacial score (nSPS) is 14.5. The lowest BCUT2D eigenvalue weighted by atomic mass is 10.0. The van der Waals surface area contributed by atoms with Gasteiger partial charge in [-0.25, -0.2) is 0 Å². The molecule has 2 N–H and O–H groups in total. The number of ether oxygens (including phenoxy) is 1. The van der Waals surface area contributed by atoms with Gasteiger partial charge in [0.05, 0.1) is 11.5 Å². The highest BCUT2D eigenvalue weighted by molar-refractivity contribution is 8.18. The molecule has 0 unspecified atom stereocenters. The first-order chi connectivity index (χ1) is 17.5. The number of carbonyl (C=O) groups excluding carboxylic acids is 2. The quantitative estimate of drug-likeness (QED) is 0.167. The summed E-state index contributed by atoms with van der Waals surface area (Å²) in [5.41, 5.74) is 0.886. The van der Waals surface area contributed by atoms with Gasteiger partial charge in [0.15, 0.2) is 0 Å². The Kier molecular flexibility index (Phi) is 11.8. The molecule has 1 fully saturated rings. The summed E-state index contributed by atoms with van der Waals surface area (Å²) in [6.07, 6.45) is 16.2. The highest BCUT2D eigenvalue weighted by Crippen LogP contribution is 2.28. The van der Waals surface area contributed by atoms with Crippen LogP contribution < -0.4 is 10.1 Å². The summed E-state index contributed by atoms with van der Waals surface area (Å²) in [6, 6.07) is 12.0. The second-order valence-electron chi connectivity index (χ2n) is 9.36. The van der Waals surface area contributed by atoms with Crippen molar-refractivity contribution < 1.29 is 24.2 Å². The van der Waals surface area contributed by atoms with E-state index in [1.54, 1.807) is 6.08 Å². The molecular weight excluding hydrogens is 474 g/mol. The molecule has 0 bridgehead atoms. The summed E-state index contributed by atoms with van der Waals surface area (Å²) < 4.78 is 5.95. The molecule has 0 radical (unpaired) electrons. The zero-order chi connectivity index (χ0) is 25.6. The van der Waals surface area contributed by atoms with Gasteiger partial charge < -0.3 is 9.84 Å². The van der Waals surface area contributed by atoms with Gasteiger partial charge in [0.1, 0.15) is 5.75 Å². The molecule has 7 heteroatoms. The van der Waals surface area contributed by atoms with Gasteiger partial charge in [0.2, 0.25) is 0 Å². The lowest BCUT2D eigenvalue weighted by molar-refractivity contribution is -0.137. The van der Waals surface area contributed by atoms with E-state index in [0.717, 1.165) is 66.1 Å². The Balaban J connectivity index is 1.24. The molecule has 0 spiro atoms. The van der Waals surface area contributed by atoms with Crippen molar-refractivity contribution >= 4 is 45.7 Å². The van der Waals surface area contributed by atoms with Crippen LogP contribution in [-0.4, -0.2) is 28.8 Å². The van der Waals surface area contributed by atoms with E-state index in [-0.39, 0.29) is 11.1 Å². The maximum absolute atomic E-state index is 11.7. The predicted molar refractivity (Wildman–Crippen MR) is 146 cm³/mol. The molecule has 6 nitrogen and oxygen atoms in total. The van der Waals surface area contributed by atoms with Gasteiger partial charge >= 0.3 is 5.97 Å². The molecule has 1 saturated heterocycles. The summed E-state index contributed by atoms with van der Waals surface area (Å²) in [4.78, 5) is 33.9. The third-order valence-electron chi connectivity index (χ3n) is 6.33. The second kappa shape index (κ2) is 15.3. The van der Waals surface area contributed by atoms with E-state index in [4.69, 9.17) is 9.84 Å². The standard InChI is InChI=1S/C29H37NO5S/c31-27(32)13-11-9-7-5-3-1-2-4-6-8-10-12-18-35-25-17-16-23-19-22(14-15-24(23)21-25)20-26-28(33)30-29(34)36-26/h14-17,19-21H,1-13,18H2,(H,31,32)(H,30,33,34). The van der Waals surface area contributed by atoms with Crippen LogP contribution in [0.5, 0.6) is 5.75 Å². The number of carbonyl (C=O) groups is 3. The van der Waals surface area contributed by atoms with Gasteiger partial charge in [-0.15, -0.1) is 0 Å². The maximum Gasteiger partial charge on any atom is 0.303 e. The third kappa shape index (κ3) is 10.1. The minimum absolute atomic E-state index is 0.306. The van der Waals surface area contributed by atoms with Crippen molar-refractivity contribution in [1.29, 1.82) is 0 Å². The van der Waals surface area contributed by atoms with E-state index < -0.39 is 5.97 Å². The lowest BCUT2D eigenvalue weighted by Gasteiger charge is -2.08. The number of nitrogens with one attached hydrogen (secondary N) is 1. The molecule has 1 aliphatic heterocycles. The summed E-state index contributed by atoms with van der Waals surface area (Å²) in [5.74, 6) is -0.155. The zero-order valence-corrected chi connectivity index (χ0v) is 21.7. The molecule has 2 aromatic rings. The molecule has 0 aliphatic carbocycles. The Morgan fingerprint density at radius 1 is 0.806 bits per heavy atom. The van der Waals surface area contributed by atoms with Crippen LogP contribution in [0.4, 0.5) is 4.79 Å². The SMILES string of the molecule is O=C(O)CCCCCCCCCCCCCCOc1ccc2cc(C=C3SC(=O)NC3=O)ccc2c1. The van der Waals surface area contributed by atoms with Gasteiger partial charge in [-0.05, 0) is 65.2 Å². The van der Waals surface area contributed by atoms with Crippen molar-refractivity contribution in [3.63, 3.8) is 0 Å². The smallest absolute Gasteiger partial charge is 0.303 e. The van der Waals surface area contributed by atoms with Gasteiger partial charge in [-0.3, -0.25) is 19.7 Å². The summed E-state index contributed by atoms with van der Waals surface area (Å²) in [6.45, 7) is 0.720. The van der Waals surface area contributed by atoms with Crippen LogP contribution in [0.25, 0.3) is 16.8 Å². The number of hydrogen-bond acceptors (Lipinski definition) is 5. The van der Waals surface area contributed by atoms with Crippen molar-refractivity contribution in [3.05, 3.63) is 46.9 Å². The first-order valence-corrected chi connectivity index (χ1v) is 14.0. The van der Waals surface area contributed by atoms with Gasteiger partial charge in [-0.2, -0.15) is 0 Å². The number of unbranched alkanes of at least 4 members (excludes halogenated alkanes) is 11. The molecule has 2 amide bonds. The van der Waals surface area contributed by atoms with E-state index in [1.165, 1.54) is 51.4 Å². The summed E-state index contributed by atoms with van der Waals surface area (Å²) in [5, 5.41) is 12.7. The zero-order valence-electron chi connectivity index (χ0n) is 20.9. The number of hydrogen-bond donors (Lipinski definition) is 2. The molecule has 1 heterocycles. The van der Waals surface area contributed by atoms with Crippen LogP contribution in [-0.2, 0) is 9.59 Å². The number of imide groups is 1. The maximum atomic E-state index is 11.7. The Bertz CT molecular complexity index is 1060. The van der Waals surface area contributed by atoms with Crippen LogP contribution in [0.15, 0.2) is 41.3 Å². The van der Waals surface area contributed by atoms with Crippen molar-refractivity contribution in [2.75, 3.05) is 6.61 Å². The van der Waals surface area contributed by atoms with E-state index in [1.807, 2.05) is 36.4 Å². The number of carboxylic acids is 1. The van der Waals surface area contributed by atoms with E-state index >= 15 is 0 Å². The Hall–Kier alpha value is -2.80. The Morgan fingerprint density at radius 2 is 1.39 bits per heavy atom. The van der Waals surface area contributed by atoms with Crippen molar-refractivity contribution in [1.82, 2.24) is 5.32 Å². The average Bonchev–Trinajstić information content (AvgIpc) is 3.17. The highest BCUT2D eigenvalue weighted by atomic mass is 32.2. The van der Waals surface area contributed by atoms with Crippen molar-refractivity contribution in [2.45, 2.75) is 83.5 Å². The van der Waals surface area contributed by atoms with Crippen LogP contribution in [0.2, 0.25) is 0 Å². The third-order valence-corrected chi connectivity index (χ3v) is 7.14. The Labute approximate surface area is 217 Å². The first kappa shape index (κ1) is 27.8. The number of rotatable bonds is 17. The summed E-state index contributed by atoms with van der Waals surface area (Å²) in [7, 11) is 0. The molecular formula is C29H37NO5S. The predicted octanol–water partition coefficient (Wildman–Crippen LogP) is 7.70. The molecule has 194 valence electrons. The van der Waals surface area contributed by atoms with Crippen LogP contribution in [0.1, 0.15) is 89.0 Å². The van der Waals surface area contributed by atoms with Crippen LogP contribution in [0.3, 0.4) is 0 Å². The molecule has 36 heavy (non-hydrogen) atoms. The van der Waals surface area contributed by atoms with E-state index in [2.05, 4.69) is 5.32 Å². The number of carboxylic acid groups (broad SMARTS) is 1. The average molecular weight is 512 g/mol. The molecule has 1 aliphatic rings.